The summed E-state index contributed by atoms with van der Waals surface area (Å²) in [6.07, 6.45) is 0. The molecular formula is C24H29ClN4O2S. The van der Waals surface area contributed by atoms with Crippen molar-refractivity contribution >= 4 is 29.3 Å². The minimum absolute atomic E-state index is 0.0736. The highest BCUT2D eigenvalue weighted by atomic mass is 35.5. The molecule has 1 aromatic heterocycles. The molecule has 0 saturated heterocycles. The largest absolute Gasteiger partial charge is 0.496 e. The van der Waals surface area contributed by atoms with Crippen molar-refractivity contribution < 1.29 is 9.53 Å². The number of ether oxygens (including phenoxy) is 1. The molecular weight excluding hydrogens is 444 g/mol. The Morgan fingerprint density at radius 2 is 1.62 bits per heavy atom. The fraction of sp³-hybridized carbons (Fsp3) is 0.375. The van der Waals surface area contributed by atoms with Crippen molar-refractivity contribution in [2.24, 2.45) is 0 Å². The van der Waals surface area contributed by atoms with Crippen LogP contribution >= 0.6 is 23.4 Å². The summed E-state index contributed by atoms with van der Waals surface area (Å²) in [5, 5.41) is 9.87. The molecule has 1 atom stereocenters. The van der Waals surface area contributed by atoms with Gasteiger partial charge in [-0.2, -0.15) is 0 Å². The Kier molecular flexibility index (Phi) is 7.85. The van der Waals surface area contributed by atoms with Crippen LogP contribution in [0.25, 0.3) is 17.1 Å². The molecule has 1 amide bonds. The molecule has 0 aliphatic rings. The molecule has 2 aromatic carbocycles. The number of aromatic nitrogens is 3. The molecule has 1 heterocycles. The average molecular weight is 473 g/mol. The van der Waals surface area contributed by atoms with E-state index in [1.165, 1.54) is 11.8 Å². The second-order valence-corrected chi connectivity index (χ2v) is 9.76. The first-order valence-electron chi connectivity index (χ1n) is 10.6. The lowest BCUT2D eigenvalue weighted by Gasteiger charge is -2.32. The third-order valence-electron chi connectivity index (χ3n) is 5.06. The zero-order valence-corrected chi connectivity index (χ0v) is 20.8. The standard InChI is InChI=1S/C24H29ClN4O2S/c1-15(2)28(16(3)4)23(30)17(5)32-24-27-26-22(20-9-7-8-10-21(20)31-6)29(24)19-13-11-18(25)12-14-19/h7-17H,1-6H3. The van der Waals surface area contributed by atoms with E-state index in [1.54, 1.807) is 7.11 Å². The lowest BCUT2D eigenvalue weighted by molar-refractivity contribution is -0.133. The third kappa shape index (κ3) is 5.10. The van der Waals surface area contributed by atoms with Gasteiger partial charge < -0.3 is 9.64 Å². The van der Waals surface area contributed by atoms with Gasteiger partial charge in [0.05, 0.1) is 17.9 Å². The minimum Gasteiger partial charge on any atom is -0.496 e. The quantitative estimate of drug-likeness (QED) is 0.392. The number of nitrogens with zero attached hydrogens (tertiary/aromatic N) is 4. The topological polar surface area (TPSA) is 60.3 Å². The summed E-state index contributed by atoms with van der Waals surface area (Å²) >= 11 is 7.52. The highest BCUT2D eigenvalue weighted by Crippen LogP contribution is 2.35. The molecule has 0 radical (unpaired) electrons. The van der Waals surface area contributed by atoms with Gasteiger partial charge >= 0.3 is 0 Å². The van der Waals surface area contributed by atoms with E-state index in [-0.39, 0.29) is 23.2 Å². The number of hydrogen-bond acceptors (Lipinski definition) is 5. The Morgan fingerprint density at radius 1 is 1.00 bits per heavy atom. The van der Waals surface area contributed by atoms with Gasteiger partial charge in [0.2, 0.25) is 5.91 Å². The zero-order chi connectivity index (χ0) is 23.4. The summed E-state index contributed by atoms with van der Waals surface area (Å²) in [4.78, 5) is 15.1. The molecule has 0 aliphatic carbocycles. The number of amides is 1. The first-order chi connectivity index (χ1) is 15.2. The first kappa shape index (κ1) is 24.1. The van der Waals surface area contributed by atoms with Crippen molar-refractivity contribution in [3.63, 3.8) is 0 Å². The first-order valence-corrected chi connectivity index (χ1v) is 11.8. The molecule has 170 valence electrons. The number of carbonyl (C=O) groups is 1. The van der Waals surface area contributed by atoms with E-state index in [2.05, 4.69) is 10.2 Å². The van der Waals surface area contributed by atoms with E-state index in [4.69, 9.17) is 16.3 Å². The van der Waals surface area contributed by atoms with Gasteiger partial charge in [-0.3, -0.25) is 9.36 Å². The van der Waals surface area contributed by atoms with Gasteiger partial charge in [0.25, 0.3) is 0 Å². The van der Waals surface area contributed by atoms with Gasteiger partial charge in [-0.1, -0.05) is 35.5 Å². The van der Waals surface area contributed by atoms with Crippen LogP contribution in [0, 0.1) is 0 Å². The van der Waals surface area contributed by atoms with E-state index >= 15 is 0 Å². The molecule has 0 fully saturated rings. The van der Waals surface area contributed by atoms with E-state index in [9.17, 15) is 4.79 Å². The second kappa shape index (κ2) is 10.4. The molecule has 0 bridgehead atoms. The maximum atomic E-state index is 13.2. The van der Waals surface area contributed by atoms with Crippen molar-refractivity contribution in [2.45, 2.75) is 57.1 Å². The molecule has 0 saturated carbocycles. The van der Waals surface area contributed by atoms with E-state index < -0.39 is 0 Å². The molecule has 0 spiro atoms. The number of methoxy groups -OCH3 is 1. The van der Waals surface area contributed by atoms with Crippen LogP contribution in [0.4, 0.5) is 0 Å². The molecule has 0 aliphatic heterocycles. The second-order valence-electron chi connectivity index (χ2n) is 8.01. The molecule has 3 rings (SSSR count). The molecule has 6 nitrogen and oxygen atoms in total. The third-order valence-corrected chi connectivity index (χ3v) is 6.35. The van der Waals surface area contributed by atoms with Crippen molar-refractivity contribution in [3.8, 4) is 22.8 Å². The number of hydrogen-bond donors (Lipinski definition) is 0. The van der Waals surface area contributed by atoms with Gasteiger partial charge in [-0.15, -0.1) is 10.2 Å². The molecule has 0 N–H and O–H groups in total. The molecule has 1 unspecified atom stereocenters. The predicted octanol–water partition coefficient (Wildman–Crippen LogP) is 5.72. The maximum absolute atomic E-state index is 13.2. The average Bonchev–Trinajstić information content (AvgIpc) is 3.16. The summed E-state index contributed by atoms with van der Waals surface area (Å²) in [6, 6.07) is 15.4. The fourth-order valence-corrected chi connectivity index (χ4v) is 4.75. The van der Waals surface area contributed by atoms with Crippen LogP contribution in [-0.2, 0) is 4.79 Å². The van der Waals surface area contributed by atoms with Gasteiger partial charge in [0.15, 0.2) is 11.0 Å². The highest BCUT2D eigenvalue weighted by Gasteiger charge is 2.28. The number of rotatable bonds is 8. The van der Waals surface area contributed by atoms with Crippen LogP contribution in [0.15, 0.2) is 53.7 Å². The van der Waals surface area contributed by atoms with Gasteiger partial charge in [-0.25, -0.2) is 0 Å². The van der Waals surface area contributed by atoms with Crippen molar-refractivity contribution in [3.05, 3.63) is 53.6 Å². The summed E-state index contributed by atoms with van der Waals surface area (Å²) in [7, 11) is 1.63. The number of halogens is 1. The van der Waals surface area contributed by atoms with Gasteiger partial charge in [-0.05, 0) is 71.0 Å². The SMILES string of the molecule is COc1ccccc1-c1nnc(SC(C)C(=O)N(C(C)C)C(C)C)n1-c1ccc(Cl)cc1. The Hall–Kier alpha value is -2.51. The van der Waals surface area contributed by atoms with Crippen LogP contribution in [0.3, 0.4) is 0 Å². The zero-order valence-electron chi connectivity index (χ0n) is 19.2. The molecule has 8 heteroatoms. The minimum atomic E-state index is -0.333. The fourth-order valence-electron chi connectivity index (χ4n) is 3.70. The van der Waals surface area contributed by atoms with Crippen LogP contribution in [-0.4, -0.2) is 50.0 Å². The highest BCUT2D eigenvalue weighted by molar-refractivity contribution is 8.00. The maximum Gasteiger partial charge on any atom is 0.236 e. The van der Waals surface area contributed by atoms with Crippen LogP contribution in [0.5, 0.6) is 5.75 Å². The predicted molar refractivity (Wildman–Crippen MR) is 131 cm³/mol. The van der Waals surface area contributed by atoms with Gasteiger partial charge in [0, 0.05) is 22.8 Å². The van der Waals surface area contributed by atoms with E-state index in [1.807, 2.05) is 92.6 Å². The number of para-hydroxylation sites is 1. The van der Waals surface area contributed by atoms with Crippen LogP contribution in [0.2, 0.25) is 5.02 Å². The monoisotopic (exact) mass is 472 g/mol. The summed E-state index contributed by atoms with van der Waals surface area (Å²) in [5.74, 6) is 1.41. The Bertz CT molecular complexity index is 1060. The Labute approximate surface area is 198 Å². The van der Waals surface area contributed by atoms with Crippen LogP contribution < -0.4 is 4.74 Å². The number of benzene rings is 2. The van der Waals surface area contributed by atoms with Crippen LogP contribution in [0.1, 0.15) is 34.6 Å². The normalized spacial score (nSPS) is 12.3. The van der Waals surface area contributed by atoms with Gasteiger partial charge in [0.1, 0.15) is 5.75 Å². The molecule has 32 heavy (non-hydrogen) atoms. The summed E-state index contributed by atoms with van der Waals surface area (Å²) < 4.78 is 7.49. The smallest absolute Gasteiger partial charge is 0.236 e. The lowest BCUT2D eigenvalue weighted by Crippen LogP contribution is -2.45. The number of carbonyl (C=O) groups excluding carboxylic acids is 1. The summed E-state index contributed by atoms with van der Waals surface area (Å²) in [5.41, 5.74) is 1.67. The van der Waals surface area contributed by atoms with E-state index in [0.717, 1.165) is 11.3 Å². The number of thioether (sulfide) groups is 1. The Morgan fingerprint density at radius 3 is 2.22 bits per heavy atom. The lowest BCUT2D eigenvalue weighted by atomic mass is 10.2. The molecule has 3 aromatic rings. The van der Waals surface area contributed by atoms with Crippen molar-refractivity contribution in [1.29, 1.82) is 0 Å². The summed E-state index contributed by atoms with van der Waals surface area (Å²) in [6.45, 7) is 10.0. The Balaban J connectivity index is 2.06. The van der Waals surface area contributed by atoms with E-state index in [0.29, 0.717) is 21.8 Å². The van der Waals surface area contributed by atoms with Crippen molar-refractivity contribution in [2.75, 3.05) is 7.11 Å². The van der Waals surface area contributed by atoms with Crippen molar-refractivity contribution in [1.82, 2.24) is 19.7 Å².